The number of carbonyl (C=O) groups excluding carboxylic acids is 6. The summed E-state index contributed by atoms with van der Waals surface area (Å²) in [6.07, 6.45) is 80.9. The molecule has 0 saturated carbocycles. The Hall–Kier alpha value is -5.26. The van der Waals surface area contributed by atoms with Crippen molar-refractivity contribution in [2.45, 2.75) is 361 Å². The Morgan fingerprint density at radius 2 is 0.394 bits per heavy atom. The van der Waals surface area contributed by atoms with Gasteiger partial charge < -0.3 is 28.4 Å². The lowest BCUT2D eigenvalue weighted by Crippen LogP contribution is -2.31. The Morgan fingerprint density at radius 1 is 0.213 bits per heavy atom. The van der Waals surface area contributed by atoms with E-state index in [1.165, 1.54) is 77.0 Å². The molecule has 12 nitrogen and oxygen atoms in total. The Kier molecular flexibility index (Phi) is 69.4. The molecule has 0 N–H and O–H groups in total. The molecule has 0 rings (SSSR count). The van der Waals surface area contributed by atoms with Crippen molar-refractivity contribution in [2.75, 3.05) is 26.4 Å². The number of rotatable bonds is 69. The fourth-order valence-electron chi connectivity index (χ4n) is 10.3. The summed E-state index contributed by atoms with van der Waals surface area (Å²) in [6, 6.07) is 0. The number of hydrogen-bond donors (Lipinski definition) is 0. The highest BCUT2D eigenvalue weighted by molar-refractivity contribution is 5.78. The van der Waals surface area contributed by atoms with Gasteiger partial charge in [-0.1, -0.05) is 253 Å². The largest absolute Gasteiger partial charge is 0.462 e. The van der Waals surface area contributed by atoms with Gasteiger partial charge in [-0.3, -0.25) is 28.8 Å². The van der Waals surface area contributed by atoms with Crippen LogP contribution in [-0.4, -0.2) is 74.5 Å². The summed E-state index contributed by atoms with van der Waals surface area (Å²) in [4.78, 5) is 77.9. The number of allylic oxidation sites excluding steroid dienone is 16. The van der Waals surface area contributed by atoms with Crippen LogP contribution < -0.4 is 0 Å². The first-order chi connectivity index (χ1) is 46.1. The molecule has 0 aromatic carbocycles. The Labute approximate surface area is 574 Å². The second-order valence-electron chi connectivity index (χ2n) is 25.4. The number of carbonyl (C=O) groups is 6. The highest BCUT2D eigenvalue weighted by Crippen LogP contribution is 2.16. The van der Waals surface area contributed by atoms with Gasteiger partial charge in [0.25, 0.3) is 0 Å². The maximum atomic E-state index is 13.1. The zero-order chi connectivity index (χ0) is 68.4. The van der Waals surface area contributed by atoms with E-state index < -0.39 is 48.0 Å². The number of unbranched alkanes of at least 4 members (excludes halogenated alkanes) is 32. The van der Waals surface area contributed by atoms with Crippen molar-refractivity contribution in [1.82, 2.24) is 0 Å². The molecule has 94 heavy (non-hydrogen) atoms. The van der Waals surface area contributed by atoms with Gasteiger partial charge in [0, 0.05) is 25.7 Å². The number of ether oxygens (including phenoxy) is 6. The van der Waals surface area contributed by atoms with Gasteiger partial charge in [0.05, 0.1) is 12.8 Å². The normalized spacial score (nSPS) is 12.7. The maximum absolute atomic E-state index is 13.1. The van der Waals surface area contributed by atoms with Gasteiger partial charge in [0.15, 0.2) is 12.2 Å². The molecule has 0 aliphatic heterocycles. The molecule has 0 saturated heterocycles. The first kappa shape index (κ1) is 88.7. The second kappa shape index (κ2) is 73.5. The minimum absolute atomic E-state index is 0.183. The number of hydrogen-bond acceptors (Lipinski definition) is 12. The van der Waals surface area contributed by atoms with E-state index in [4.69, 9.17) is 28.4 Å². The first-order valence-corrected chi connectivity index (χ1v) is 38.4. The van der Waals surface area contributed by atoms with Crippen LogP contribution in [0.2, 0.25) is 0 Å². The van der Waals surface area contributed by atoms with Crippen molar-refractivity contribution in [1.29, 1.82) is 0 Å². The van der Waals surface area contributed by atoms with Crippen LogP contribution in [0, 0.1) is 0 Å². The molecular weight excluding hydrogens is 1180 g/mol. The third kappa shape index (κ3) is 69.6. The fourth-order valence-corrected chi connectivity index (χ4v) is 10.3. The average molecular weight is 1320 g/mol. The van der Waals surface area contributed by atoms with Crippen LogP contribution in [0.15, 0.2) is 97.2 Å². The van der Waals surface area contributed by atoms with Gasteiger partial charge >= 0.3 is 35.8 Å². The molecular formula is C82H138O12. The molecule has 0 radical (unpaired) electrons. The third-order valence-electron chi connectivity index (χ3n) is 16.2. The predicted octanol–water partition coefficient (Wildman–Crippen LogP) is 23.0. The Balaban J connectivity index is 5.29. The van der Waals surface area contributed by atoms with Crippen LogP contribution in [0.1, 0.15) is 349 Å². The van der Waals surface area contributed by atoms with E-state index in [0.717, 1.165) is 180 Å². The molecule has 538 valence electrons. The fraction of sp³-hybridized carbons (Fsp3) is 0.732. The average Bonchev–Trinajstić information content (AvgIpc) is 3.47. The van der Waals surface area contributed by atoms with Crippen molar-refractivity contribution < 1.29 is 57.2 Å². The van der Waals surface area contributed by atoms with E-state index >= 15 is 0 Å². The zero-order valence-electron chi connectivity index (χ0n) is 60.5. The first-order valence-electron chi connectivity index (χ1n) is 38.4. The van der Waals surface area contributed by atoms with E-state index in [0.29, 0.717) is 25.7 Å². The van der Waals surface area contributed by atoms with Crippen LogP contribution in [0.25, 0.3) is 0 Å². The smallest absolute Gasteiger partial charge is 0.306 e. The Morgan fingerprint density at radius 3 is 0.617 bits per heavy atom. The monoisotopic (exact) mass is 1320 g/mol. The lowest BCUT2D eigenvalue weighted by atomic mass is 10.1. The van der Waals surface area contributed by atoms with Gasteiger partial charge in [-0.25, -0.2) is 0 Å². The molecule has 0 amide bonds. The molecule has 0 spiro atoms. The summed E-state index contributed by atoms with van der Waals surface area (Å²) in [6.45, 7) is 7.65. The summed E-state index contributed by atoms with van der Waals surface area (Å²) in [7, 11) is 0. The summed E-state index contributed by atoms with van der Waals surface area (Å²) in [5.41, 5.74) is 0. The maximum Gasteiger partial charge on any atom is 0.306 e. The van der Waals surface area contributed by atoms with E-state index in [-0.39, 0.29) is 65.0 Å². The van der Waals surface area contributed by atoms with Crippen LogP contribution in [0.3, 0.4) is 0 Å². The van der Waals surface area contributed by atoms with E-state index in [1.54, 1.807) is 0 Å². The van der Waals surface area contributed by atoms with E-state index in [9.17, 15) is 28.8 Å². The minimum Gasteiger partial charge on any atom is -0.462 e. The lowest BCUT2D eigenvalue weighted by Gasteiger charge is -2.19. The van der Waals surface area contributed by atoms with E-state index in [2.05, 4.69) is 125 Å². The molecule has 0 aromatic rings. The summed E-state index contributed by atoms with van der Waals surface area (Å²) in [5.74, 6) is -3.21. The van der Waals surface area contributed by atoms with Gasteiger partial charge in [-0.2, -0.15) is 0 Å². The molecule has 0 heterocycles. The molecule has 0 bridgehead atoms. The van der Waals surface area contributed by atoms with E-state index in [1.807, 2.05) is 0 Å². The van der Waals surface area contributed by atoms with Crippen LogP contribution in [-0.2, 0) is 57.2 Å². The highest BCUT2D eigenvalue weighted by atomic mass is 16.6. The van der Waals surface area contributed by atoms with Gasteiger partial charge in [0.1, 0.15) is 26.4 Å². The van der Waals surface area contributed by atoms with Gasteiger partial charge in [-0.15, -0.1) is 0 Å². The number of esters is 6. The van der Waals surface area contributed by atoms with Crippen molar-refractivity contribution in [3.05, 3.63) is 97.2 Å². The van der Waals surface area contributed by atoms with Crippen molar-refractivity contribution >= 4 is 35.8 Å². The quantitative estimate of drug-likeness (QED) is 0.0246. The molecule has 2 atom stereocenters. The third-order valence-corrected chi connectivity index (χ3v) is 16.2. The molecule has 0 aliphatic rings. The second-order valence-corrected chi connectivity index (χ2v) is 25.4. The highest BCUT2D eigenvalue weighted by Gasteiger charge is 2.22. The molecule has 12 heteroatoms. The molecule has 0 aromatic heterocycles. The van der Waals surface area contributed by atoms with Crippen molar-refractivity contribution in [2.24, 2.45) is 0 Å². The molecule has 2 unspecified atom stereocenters. The standard InChI is InChI=1S/C82H138O12/c1-5-9-13-17-21-25-29-33-37-41-45-49-53-57-61-65-77(83)89-71-75(93-81(87)67-63-59-55-51-47-43-39-35-31-27-23-19-15-11-7-3)73-91-79(85)69-70-80(86)92-74-76(94-82(88)68-64-60-56-52-48-44-40-36-32-28-24-20-16-12-8-4)72-90-78(84)66-62-58-54-50-46-42-38-34-30-26-22-18-14-10-6-2/h21-28,33-40,75-76H,5-20,29-32,41-74H2,1-4H3/b25-21-,26-22-,27-23-,28-24-,37-33-,38-34-,39-35-,40-36-. The summed E-state index contributed by atoms with van der Waals surface area (Å²) < 4.78 is 33.5. The summed E-state index contributed by atoms with van der Waals surface area (Å²) >= 11 is 0. The van der Waals surface area contributed by atoms with Crippen molar-refractivity contribution in [3.8, 4) is 0 Å². The van der Waals surface area contributed by atoms with Crippen molar-refractivity contribution in [3.63, 3.8) is 0 Å². The van der Waals surface area contributed by atoms with Crippen LogP contribution >= 0.6 is 0 Å². The van der Waals surface area contributed by atoms with Gasteiger partial charge in [0.2, 0.25) is 0 Å². The van der Waals surface area contributed by atoms with Crippen LogP contribution in [0.5, 0.6) is 0 Å². The molecule has 0 fully saturated rings. The Bertz CT molecular complexity index is 1880. The van der Waals surface area contributed by atoms with Gasteiger partial charge in [-0.05, 0) is 154 Å². The minimum atomic E-state index is -1.02. The zero-order valence-corrected chi connectivity index (χ0v) is 60.5. The predicted molar refractivity (Wildman–Crippen MR) is 390 cm³/mol. The molecule has 0 aliphatic carbocycles. The van der Waals surface area contributed by atoms with Crippen LogP contribution in [0.4, 0.5) is 0 Å². The summed E-state index contributed by atoms with van der Waals surface area (Å²) in [5, 5.41) is 0. The topological polar surface area (TPSA) is 158 Å². The lowest BCUT2D eigenvalue weighted by molar-refractivity contribution is -0.168. The SMILES string of the molecule is CCCCC/C=C\C/C=C\CCCCCCCC(=O)OCC(COC(=O)CCC(=O)OCC(COC(=O)CCCCCCC/C=C\C/C=C\CCCCC)OC(=O)CCCCCCC/C=C\C/C=C\CCCCC)OC(=O)CCCCCCC/C=C\C/C=C\CCCCC.